The Bertz CT molecular complexity index is 1570. The summed E-state index contributed by atoms with van der Waals surface area (Å²) in [5.74, 6) is 1.04. The molecule has 5 nitrogen and oxygen atoms in total. The molecule has 0 bridgehead atoms. The number of sulfone groups is 1. The van der Waals surface area contributed by atoms with E-state index in [0.29, 0.717) is 36.0 Å². The Balaban J connectivity index is 1.29. The van der Waals surface area contributed by atoms with Crippen LogP contribution in [0.15, 0.2) is 99.8 Å². The van der Waals surface area contributed by atoms with E-state index in [2.05, 4.69) is 32.6 Å². The third kappa shape index (κ3) is 6.53. The highest BCUT2D eigenvalue weighted by Gasteiger charge is 2.51. The predicted octanol–water partition coefficient (Wildman–Crippen LogP) is 7.99. The van der Waals surface area contributed by atoms with Crippen LogP contribution in [0.25, 0.3) is 0 Å². The zero-order valence-corrected chi connectivity index (χ0v) is 26.7. The summed E-state index contributed by atoms with van der Waals surface area (Å²) >= 11 is 0. The monoisotopic (exact) mass is 608 g/mol. The van der Waals surface area contributed by atoms with E-state index in [4.69, 9.17) is 4.18 Å². The van der Waals surface area contributed by atoms with E-state index in [1.54, 1.807) is 48.5 Å². The van der Waals surface area contributed by atoms with Gasteiger partial charge >= 0.3 is 0 Å². The van der Waals surface area contributed by atoms with Gasteiger partial charge in [-0.2, -0.15) is 8.42 Å². The third-order valence-electron chi connectivity index (χ3n) is 10.1. The number of aryl methyl sites for hydroxylation is 1. The summed E-state index contributed by atoms with van der Waals surface area (Å²) in [4.78, 5) is 0.599. The molecule has 0 aromatic heterocycles. The first-order valence-corrected chi connectivity index (χ1v) is 18.3. The van der Waals surface area contributed by atoms with Crippen LogP contribution in [-0.2, 0) is 24.1 Å². The first-order valence-electron chi connectivity index (χ1n) is 15.2. The number of fused-ring (bicyclic) bond motifs is 1. The topological polar surface area (TPSA) is 77.5 Å². The zero-order valence-electron chi connectivity index (χ0n) is 25.1. The fraction of sp³-hybridized carbons (Fsp3) is 0.486. The minimum absolute atomic E-state index is 0.0750. The van der Waals surface area contributed by atoms with Crippen molar-refractivity contribution >= 4 is 20.0 Å². The minimum atomic E-state index is -3.83. The predicted molar refractivity (Wildman–Crippen MR) is 168 cm³/mol. The molecule has 3 aliphatic carbocycles. The van der Waals surface area contributed by atoms with Gasteiger partial charge in [0.25, 0.3) is 10.1 Å². The SMILES string of the molecule is C=C1CC[C@H](OS(=O)(=O)c2ccc(C)cc2)C/C1=C\C=C1/CCC[C@]2(C)[C@@H]([C@H](C)CS(=O)(=O)c3ccccc3)CC[C@@H]12. The lowest BCUT2D eigenvalue weighted by Gasteiger charge is -2.44. The molecule has 0 amide bonds. The summed E-state index contributed by atoms with van der Waals surface area (Å²) in [6.07, 6.45) is 11.2. The average Bonchev–Trinajstić information content (AvgIpc) is 3.31. The summed E-state index contributed by atoms with van der Waals surface area (Å²) in [5, 5.41) is 0. The van der Waals surface area contributed by atoms with E-state index >= 15 is 0 Å². The Kier molecular flexibility index (Phi) is 9.03. The highest BCUT2D eigenvalue weighted by atomic mass is 32.2. The molecule has 3 saturated carbocycles. The number of allylic oxidation sites excluding steroid dienone is 4. The lowest BCUT2D eigenvalue weighted by Crippen LogP contribution is -2.37. The molecular weight excluding hydrogens is 565 g/mol. The van der Waals surface area contributed by atoms with E-state index in [-0.39, 0.29) is 22.0 Å². The van der Waals surface area contributed by atoms with E-state index in [0.717, 1.165) is 48.8 Å². The summed E-state index contributed by atoms with van der Waals surface area (Å²) in [6, 6.07) is 15.6. The second-order valence-electron chi connectivity index (χ2n) is 12.9. The summed E-state index contributed by atoms with van der Waals surface area (Å²) in [6.45, 7) is 10.7. The van der Waals surface area contributed by atoms with Crippen molar-refractivity contribution in [1.29, 1.82) is 0 Å². The van der Waals surface area contributed by atoms with Crippen LogP contribution in [0.3, 0.4) is 0 Å². The summed E-state index contributed by atoms with van der Waals surface area (Å²) in [5.41, 5.74) is 4.61. The second kappa shape index (κ2) is 12.3. The molecule has 3 fully saturated rings. The van der Waals surface area contributed by atoms with E-state index in [9.17, 15) is 16.8 Å². The standard InChI is InChI=1S/C35H44O5S2/c1-25-12-18-32(19-13-25)42(38,39)40-30-17-14-26(2)29(23-30)16-15-28-9-8-22-35(4)33(20-21-34(28)35)27(3)24-41(36,37)31-10-6-5-7-11-31/h5-7,10-13,15-16,18-19,27,30,33-34H,2,8-9,14,17,20-24H2,1,3-4H3/b28-15+,29-16+/t27-,30+,33-,34+,35-/m1/s1. The molecule has 5 rings (SSSR count). The normalized spacial score (nSPS) is 29.5. The average molecular weight is 609 g/mol. The van der Waals surface area contributed by atoms with Gasteiger partial charge in [0, 0.05) is 6.42 Å². The van der Waals surface area contributed by atoms with Crippen molar-refractivity contribution in [3.8, 4) is 0 Å². The van der Waals surface area contributed by atoms with Gasteiger partial charge in [0.05, 0.1) is 21.6 Å². The molecule has 0 spiro atoms. The lowest BCUT2D eigenvalue weighted by atomic mass is 9.61. The Morgan fingerprint density at radius 1 is 0.952 bits per heavy atom. The highest BCUT2D eigenvalue weighted by Crippen LogP contribution is 2.59. The lowest BCUT2D eigenvalue weighted by molar-refractivity contribution is 0.105. The van der Waals surface area contributed by atoms with E-state index in [1.165, 1.54) is 5.57 Å². The smallest absolute Gasteiger partial charge is 0.263 e. The van der Waals surface area contributed by atoms with Crippen molar-refractivity contribution < 1.29 is 21.0 Å². The van der Waals surface area contributed by atoms with Crippen LogP contribution < -0.4 is 0 Å². The van der Waals surface area contributed by atoms with E-state index < -0.39 is 26.1 Å². The third-order valence-corrected chi connectivity index (χ3v) is 13.4. The van der Waals surface area contributed by atoms with Crippen LogP contribution in [0.5, 0.6) is 0 Å². The van der Waals surface area contributed by atoms with E-state index in [1.807, 2.05) is 13.0 Å². The fourth-order valence-electron chi connectivity index (χ4n) is 7.80. The molecule has 3 aliphatic rings. The first kappa shape index (κ1) is 31.0. The van der Waals surface area contributed by atoms with Crippen LogP contribution in [0, 0.1) is 30.1 Å². The van der Waals surface area contributed by atoms with Crippen LogP contribution in [0.4, 0.5) is 0 Å². The molecule has 42 heavy (non-hydrogen) atoms. The fourth-order valence-corrected chi connectivity index (χ4v) is 10.6. The van der Waals surface area contributed by atoms with Gasteiger partial charge in [0.15, 0.2) is 9.84 Å². The van der Waals surface area contributed by atoms with Gasteiger partial charge in [-0.1, -0.05) is 79.6 Å². The van der Waals surface area contributed by atoms with Crippen molar-refractivity contribution in [2.75, 3.05) is 5.75 Å². The quantitative estimate of drug-likeness (QED) is 0.284. The Hall–Kier alpha value is -2.48. The van der Waals surface area contributed by atoms with Gasteiger partial charge in [-0.3, -0.25) is 4.18 Å². The molecule has 0 heterocycles. The second-order valence-corrected chi connectivity index (χ2v) is 16.5. The van der Waals surface area contributed by atoms with Crippen LogP contribution in [-0.4, -0.2) is 28.7 Å². The molecule has 0 aliphatic heterocycles. The van der Waals surface area contributed by atoms with Crippen molar-refractivity contribution in [2.45, 2.75) is 88.0 Å². The molecule has 0 unspecified atom stereocenters. The zero-order chi connectivity index (χ0) is 30.1. The molecular formula is C35H44O5S2. The number of rotatable bonds is 8. The van der Waals surface area contributed by atoms with Crippen LogP contribution in [0.1, 0.15) is 70.8 Å². The molecule has 5 atom stereocenters. The molecule has 0 N–H and O–H groups in total. The Morgan fingerprint density at radius 2 is 1.67 bits per heavy atom. The Labute approximate surface area is 252 Å². The summed E-state index contributed by atoms with van der Waals surface area (Å²) in [7, 11) is -7.17. The van der Waals surface area contributed by atoms with Gasteiger partial charge in [-0.25, -0.2) is 8.42 Å². The van der Waals surface area contributed by atoms with Gasteiger partial charge in [0.1, 0.15) is 0 Å². The maximum absolute atomic E-state index is 13.2. The van der Waals surface area contributed by atoms with Gasteiger partial charge < -0.3 is 0 Å². The molecule has 2 aromatic carbocycles. The minimum Gasteiger partial charge on any atom is -0.263 e. The van der Waals surface area contributed by atoms with Gasteiger partial charge in [-0.05, 0) is 105 Å². The maximum Gasteiger partial charge on any atom is 0.297 e. The van der Waals surface area contributed by atoms with Crippen molar-refractivity contribution in [3.05, 3.63) is 95.6 Å². The molecule has 0 saturated heterocycles. The van der Waals surface area contributed by atoms with Gasteiger partial charge in [-0.15, -0.1) is 0 Å². The number of hydrogen-bond acceptors (Lipinski definition) is 5. The van der Waals surface area contributed by atoms with Crippen molar-refractivity contribution in [2.24, 2.45) is 23.2 Å². The van der Waals surface area contributed by atoms with Crippen molar-refractivity contribution in [3.63, 3.8) is 0 Å². The largest absolute Gasteiger partial charge is 0.297 e. The number of hydrogen-bond donors (Lipinski definition) is 0. The molecule has 7 heteroatoms. The van der Waals surface area contributed by atoms with Crippen LogP contribution >= 0.6 is 0 Å². The molecule has 0 radical (unpaired) electrons. The number of benzene rings is 2. The maximum atomic E-state index is 13.2. The molecule has 2 aromatic rings. The molecule has 226 valence electrons. The van der Waals surface area contributed by atoms with Crippen molar-refractivity contribution in [1.82, 2.24) is 0 Å². The Morgan fingerprint density at radius 3 is 2.38 bits per heavy atom. The van der Waals surface area contributed by atoms with Crippen LogP contribution in [0.2, 0.25) is 0 Å². The first-order chi connectivity index (χ1) is 19.9. The summed E-state index contributed by atoms with van der Waals surface area (Å²) < 4.78 is 57.8. The highest BCUT2D eigenvalue weighted by molar-refractivity contribution is 7.91. The van der Waals surface area contributed by atoms with Gasteiger partial charge in [0.2, 0.25) is 0 Å².